The molecule has 0 unspecified atom stereocenters. The summed E-state index contributed by atoms with van der Waals surface area (Å²) in [5.41, 5.74) is 5.59. The Morgan fingerprint density at radius 2 is 1.81 bits per heavy atom. The summed E-state index contributed by atoms with van der Waals surface area (Å²) < 4.78 is 34.2. The van der Waals surface area contributed by atoms with Crippen molar-refractivity contribution in [2.75, 3.05) is 31.9 Å². The lowest BCUT2D eigenvalue weighted by molar-refractivity contribution is -0.123. The summed E-state index contributed by atoms with van der Waals surface area (Å²) in [7, 11) is -1.91. The molecule has 20 heteroatoms. The number of aromatic nitrogens is 1. The number of nitrogens with two attached hydrogens (primary N) is 1. The van der Waals surface area contributed by atoms with E-state index in [1.54, 1.807) is 17.2 Å². The number of halogens is 3. The Labute approximate surface area is 299 Å². The summed E-state index contributed by atoms with van der Waals surface area (Å²) >= 11 is 6.20. The Kier molecular flexibility index (Phi) is 10.3. The molecule has 52 heavy (non-hydrogen) atoms. The first-order valence-electron chi connectivity index (χ1n) is 16.1. The zero-order valence-corrected chi connectivity index (χ0v) is 28.0. The maximum Gasteiger partial charge on any atom is 0.547 e. The lowest BCUT2D eigenvalue weighted by atomic mass is 9.72. The van der Waals surface area contributed by atoms with Crippen LogP contribution in [-0.2, 0) is 17.8 Å². The number of carbonyl (C=O) groups is 4. The number of amides is 5. The highest BCUT2D eigenvalue weighted by Crippen LogP contribution is 2.41. The van der Waals surface area contributed by atoms with E-state index in [0.717, 1.165) is 16.5 Å². The number of phenols is 2. The van der Waals surface area contributed by atoms with Crippen molar-refractivity contribution in [2.24, 2.45) is 0 Å². The summed E-state index contributed by atoms with van der Waals surface area (Å²) in [5.74, 6) is -8.94. The minimum absolute atomic E-state index is 0.0487. The molecule has 0 aliphatic carbocycles. The second-order valence-corrected chi connectivity index (χ2v) is 13.0. The molecule has 4 heterocycles. The summed E-state index contributed by atoms with van der Waals surface area (Å²) in [6, 6.07) is 2.60. The molecule has 0 radical (unpaired) electrons. The van der Waals surface area contributed by atoms with E-state index < -0.39 is 88.1 Å². The van der Waals surface area contributed by atoms with Crippen LogP contribution < -0.4 is 21.0 Å². The Bertz CT molecular complexity index is 1940. The molecular formula is C32H33BClF2N7O9. The molecule has 3 aromatic rings. The number of aromatic carboxylic acids is 1. The van der Waals surface area contributed by atoms with Gasteiger partial charge in [0.2, 0.25) is 5.91 Å². The van der Waals surface area contributed by atoms with Gasteiger partial charge in [0, 0.05) is 50.5 Å². The number of carboxylic acid groups (broad SMARTS) is 1. The number of hydrogen-bond acceptors (Lipinski definition) is 11. The number of hydrogen-bond donors (Lipinski definition) is 7. The number of carbonyl (C=O) groups excluding carboxylic acids is 3. The number of fused-ring (bicyclic) bond motifs is 1. The standard InChI is InChI=1S/C32H33BClF2N7O9/c34-24-18(13-20(36)26(44)27(24)45)25(29(46)39-21-12-16-1-2-19(35)23(30(47)48)28(16)52-33(21)51)40-31(49)43-10-9-42(32(43)50)17-4-7-41(8-5-17)14-15-3-6-38-22(37)11-15/h1-3,6,11,13,17,21,25,44-45,51H,4-5,7-10,12,14H2,(H2,37,38)(H,39,46)(H,40,49)(H,47,48)/t21-,25+/m0/s1. The normalized spacial score (nSPS) is 18.5. The van der Waals surface area contributed by atoms with Crippen LogP contribution in [0.15, 0.2) is 36.5 Å². The Hall–Kier alpha value is -5.40. The van der Waals surface area contributed by atoms with Crippen LogP contribution in [0, 0.1) is 11.6 Å². The number of imide groups is 1. The fourth-order valence-electron chi connectivity index (χ4n) is 6.66. The quantitative estimate of drug-likeness (QED) is 0.130. The van der Waals surface area contributed by atoms with Gasteiger partial charge in [-0.25, -0.2) is 33.0 Å². The molecule has 2 fully saturated rings. The summed E-state index contributed by atoms with van der Waals surface area (Å²) in [6.07, 6.45) is 2.63. The van der Waals surface area contributed by atoms with E-state index in [-0.39, 0.29) is 31.1 Å². The van der Waals surface area contributed by atoms with Gasteiger partial charge < -0.3 is 46.3 Å². The van der Waals surface area contributed by atoms with Crippen molar-refractivity contribution in [1.29, 1.82) is 0 Å². The highest BCUT2D eigenvalue weighted by atomic mass is 35.5. The average Bonchev–Trinajstić information content (AvgIpc) is 3.49. The lowest BCUT2D eigenvalue weighted by Crippen LogP contribution is -2.56. The molecule has 274 valence electrons. The summed E-state index contributed by atoms with van der Waals surface area (Å²) in [5, 5.41) is 44.3. The molecule has 5 amide bonds. The fourth-order valence-corrected chi connectivity index (χ4v) is 6.92. The van der Waals surface area contributed by atoms with Crippen LogP contribution in [0.5, 0.6) is 17.2 Å². The number of nitrogen functional groups attached to an aromatic ring is 1. The first-order chi connectivity index (χ1) is 24.7. The minimum atomic E-state index is -1.91. The molecule has 2 atom stereocenters. The van der Waals surface area contributed by atoms with Gasteiger partial charge in [0.25, 0.3) is 0 Å². The SMILES string of the molecule is Nc1cc(CN2CCC(N3CCN(C(=O)N[C@@H](C(=O)N[C@H]4Cc5ccc(F)c(C(=O)O)c5OB4O)c4cc(F)c(O)c(O)c4Cl)C3=O)CC2)ccn1. The highest BCUT2D eigenvalue weighted by Gasteiger charge is 2.43. The minimum Gasteiger partial charge on any atom is -0.534 e. The number of carboxylic acids is 1. The molecular weight excluding hydrogens is 711 g/mol. The third-order valence-electron chi connectivity index (χ3n) is 9.32. The number of pyridine rings is 1. The van der Waals surface area contributed by atoms with E-state index in [0.29, 0.717) is 44.4 Å². The van der Waals surface area contributed by atoms with Crippen LogP contribution in [0.25, 0.3) is 0 Å². The van der Waals surface area contributed by atoms with Gasteiger partial charge in [-0.3, -0.25) is 9.69 Å². The van der Waals surface area contributed by atoms with Gasteiger partial charge in [-0.1, -0.05) is 17.7 Å². The number of piperidine rings is 1. The number of aromatic hydroxyl groups is 2. The van der Waals surface area contributed by atoms with Gasteiger partial charge in [0.05, 0.1) is 11.0 Å². The van der Waals surface area contributed by atoms with Gasteiger partial charge >= 0.3 is 25.1 Å². The van der Waals surface area contributed by atoms with Crippen molar-refractivity contribution in [2.45, 2.75) is 43.8 Å². The number of anilines is 1. The van der Waals surface area contributed by atoms with Crippen LogP contribution in [0.4, 0.5) is 24.2 Å². The maximum absolute atomic E-state index is 14.7. The first kappa shape index (κ1) is 36.4. The zero-order valence-electron chi connectivity index (χ0n) is 27.3. The molecule has 0 bridgehead atoms. The molecule has 0 saturated carbocycles. The monoisotopic (exact) mass is 743 g/mol. The van der Waals surface area contributed by atoms with Gasteiger partial charge in [-0.2, -0.15) is 0 Å². The average molecular weight is 744 g/mol. The van der Waals surface area contributed by atoms with Gasteiger partial charge in [-0.05, 0) is 54.7 Å². The largest absolute Gasteiger partial charge is 0.547 e. The van der Waals surface area contributed by atoms with Crippen molar-refractivity contribution in [3.8, 4) is 17.2 Å². The molecule has 3 aliphatic heterocycles. The van der Waals surface area contributed by atoms with Crippen molar-refractivity contribution in [3.63, 3.8) is 0 Å². The van der Waals surface area contributed by atoms with Crippen molar-refractivity contribution >= 4 is 48.5 Å². The number of urea groups is 2. The third-order valence-corrected chi connectivity index (χ3v) is 9.72. The van der Waals surface area contributed by atoms with Crippen LogP contribution in [0.3, 0.4) is 0 Å². The van der Waals surface area contributed by atoms with E-state index in [4.69, 9.17) is 22.0 Å². The van der Waals surface area contributed by atoms with E-state index in [1.165, 1.54) is 6.07 Å². The number of phenolic OH excluding ortho intramolecular Hbond substituents is 2. The Balaban J connectivity index is 1.17. The number of nitrogens with zero attached hydrogens (tertiary/aromatic N) is 4. The van der Waals surface area contributed by atoms with E-state index >= 15 is 0 Å². The van der Waals surface area contributed by atoms with E-state index in [1.807, 2.05) is 6.07 Å². The van der Waals surface area contributed by atoms with Crippen molar-refractivity contribution in [1.82, 2.24) is 30.3 Å². The van der Waals surface area contributed by atoms with Gasteiger partial charge in [0.1, 0.15) is 29.0 Å². The predicted molar refractivity (Wildman–Crippen MR) is 179 cm³/mol. The second kappa shape index (κ2) is 14.7. The molecule has 0 spiro atoms. The van der Waals surface area contributed by atoms with E-state index in [9.17, 15) is 48.3 Å². The molecule has 8 N–H and O–H groups in total. The van der Waals surface area contributed by atoms with Crippen molar-refractivity contribution in [3.05, 3.63) is 75.4 Å². The topological polar surface area (TPSA) is 231 Å². The van der Waals surface area contributed by atoms with Crippen LogP contribution in [0.2, 0.25) is 5.02 Å². The van der Waals surface area contributed by atoms with Gasteiger partial charge in [-0.15, -0.1) is 0 Å². The van der Waals surface area contributed by atoms with Gasteiger partial charge in [0.15, 0.2) is 17.3 Å². The molecule has 2 aromatic carbocycles. The molecule has 1 aromatic heterocycles. The number of likely N-dealkylation sites (tertiary alicyclic amines) is 1. The summed E-state index contributed by atoms with van der Waals surface area (Å²) in [6.45, 7) is 2.15. The maximum atomic E-state index is 14.7. The first-order valence-corrected chi connectivity index (χ1v) is 16.5. The van der Waals surface area contributed by atoms with Crippen LogP contribution >= 0.6 is 11.6 Å². The Morgan fingerprint density at radius 1 is 1.08 bits per heavy atom. The van der Waals surface area contributed by atoms with E-state index in [2.05, 4.69) is 20.5 Å². The second-order valence-electron chi connectivity index (χ2n) is 12.6. The fraction of sp³-hybridized carbons (Fsp3) is 0.344. The molecule has 16 nitrogen and oxygen atoms in total. The summed E-state index contributed by atoms with van der Waals surface area (Å²) in [4.78, 5) is 61.2. The van der Waals surface area contributed by atoms with Crippen LogP contribution in [0.1, 0.15) is 45.9 Å². The number of rotatable bonds is 8. The zero-order chi connectivity index (χ0) is 37.4. The number of benzene rings is 2. The Morgan fingerprint density at radius 3 is 2.50 bits per heavy atom. The lowest BCUT2D eigenvalue weighted by Gasteiger charge is -2.36. The smallest absolute Gasteiger partial charge is 0.534 e. The van der Waals surface area contributed by atoms with Crippen LogP contribution in [-0.4, -0.2) is 109 Å². The third kappa shape index (κ3) is 7.19. The highest BCUT2D eigenvalue weighted by molar-refractivity contribution is 6.47. The molecule has 3 aliphatic rings. The number of nitrogens with one attached hydrogen (secondary N) is 2. The predicted octanol–water partition coefficient (Wildman–Crippen LogP) is 2.00. The molecule has 6 rings (SSSR count). The molecule has 2 saturated heterocycles. The van der Waals surface area contributed by atoms with Crippen molar-refractivity contribution < 1.29 is 53.0 Å².